The van der Waals surface area contributed by atoms with E-state index in [4.69, 9.17) is 0 Å². The van der Waals surface area contributed by atoms with E-state index in [0.29, 0.717) is 32.7 Å². The molecule has 0 aliphatic carbocycles. The van der Waals surface area contributed by atoms with Crippen molar-refractivity contribution in [1.29, 1.82) is 0 Å². The van der Waals surface area contributed by atoms with Crippen LogP contribution in [0.3, 0.4) is 0 Å². The van der Waals surface area contributed by atoms with Crippen LogP contribution in [0.25, 0.3) is 0 Å². The largest absolute Gasteiger partial charge is 0.392 e. The highest BCUT2D eigenvalue weighted by atomic mass is 16.3. The van der Waals surface area contributed by atoms with Gasteiger partial charge in [0.15, 0.2) is 0 Å². The van der Waals surface area contributed by atoms with Crippen molar-refractivity contribution in [2.75, 3.05) is 72.0 Å². The molecule has 0 aromatic rings. The molecule has 0 saturated carbocycles. The van der Waals surface area contributed by atoms with E-state index in [1.807, 2.05) is 0 Å². The Labute approximate surface area is 488 Å². The molecule has 9 nitrogen and oxygen atoms in total. The summed E-state index contributed by atoms with van der Waals surface area (Å²) in [5, 5.41) is 60.3. The first kappa shape index (κ1) is 77.6. The molecule has 0 heterocycles. The molecule has 0 amide bonds. The van der Waals surface area contributed by atoms with E-state index in [-0.39, 0.29) is 18.3 Å². The van der Waals surface area contributed by atoms with Crippen molar-refractivity contribution in [2.24, 2.45) is 0 Å². The van der Waals surface area contributed by atoms with E-state index in [9.17, 15) is 25.5 Å². The Morgan fingerprint density at radius 1 is 0.231 bits per heavy atom. The first-order valence-corrected chi connectivity index (χ1v) is 35.5. The number of hydrogen-bond donors (Lipinski definition) is 6. The van der Waals surface area contributed by atoms with Crippen LogP contribution in [-0.2, 0) is 0 Å². The maximum atomic E-state index is 11.6. The molecule has 470 valence electrons. The Morgan fingerprint density at radius 2 is 0.449 bits per heavy atom. The molecular weight excluding hydrogens is 965 g/mol. The van der Waals surface area contributed by atoms with Gasteiger partial charge in [-0.15, -0.1) is 0 Å². The lowest BCUT2D eigenvalue weighted by atomic mass is 10.0. The Kier molecular flexibility index (Phi) is 62.4. The van der Waals surface area contributed by atoms with Crippen molar-refractivity contribution < 1.29 is 25.5 Å². The molecule has 78 heavy (non-hydrogen) atoms. The lowest BCUT2D eigenvalue weighted by Crippen LogP contribution is -2.45. The van der Waals surface area contributed by atoms with Crippen LogP contribution in [0.1, 0.15) is 343 Å². The van der Waals surface area contributed by atoms with Gasteiger partial charge in [0.25, 0.3) is 0 Å². The van der Waals surface area contributed by atoms with Crippen molar-refractivity contribution in [2.45, 2.75) is 373 Å². The number of hydrogen-bond acceptors (Lipinski definition) is 9. The molecule has 0 saturated heterocycles. The molecule has 9 heteroatoms. The van der Waals surface area contributed by atoms with E-state index >= 15 is 0 Å². The number of aliphatic hydroxyl groups excluding tert-OH is 5. The lowest BCUT2D eigenvalue weighted by molar-refractivity contribution is 0.0469. The molecule has 0 aliphatic rings. The topological polar surface area (TPSA) is 123 Å². The molecule has 0 fully saturated rings. The molecule has 0 bridgehead atoms. The third-order valence-corrected chi connectivity index (χ3v) is 17.0. The Hall–Kier alpha value is -0.360. The molecule has 0 radical (unpaired) electrons. The minimum Gasteiger partial charge on any atom is -0.392 e. The molecule has 5 atom stereocenters. The third-order valence-electron chi connectivity index (χ3n) is 17.0. The lowest BCUT2D eigenvalue weighted by Gasteiger charge is -2.32. The summed E-state index contributed by atoms with van der Waals surface area (Å²) in [4.78, 5) is 7.26. The fourth-order valence-electron chi connectivity index (χ4n) is 11.7. The van der Waals surface area contributed by atoms with Gasteiger partial charge in [-0.05, 0) is 51.6 Å². The van der Waals surface area contributed by atoms with E-state index < -0.39 is 12.2 Å². The smallest absolute Gasteiger partial charge is 0.0667 e. The molecule has 0 spiro atoms. The van der Waals surface area contributed by atoms with Crippen molar-refractivity contribution in [1.82, 2.24) is 20.0 Å². The summed E-state index contributed by atoms with van der Waals surface area (Å²) in [7, 11) is 0. The predicted molar refractivity (Wildman–Crippen MR) is 342 cm³/mol. The summed E-state index contributed by atoms with van der Waals surface area (Å²) < 4.78 is 0. The summed E-state index contributed by atoms with van der Waals surface area (Å²) >= 11 is 0. The van der Waals surface area contributed by atoms with Gasteiger partial charge in [-0.3, -0.25) is 14.7 Å². The quantitative estimate of drug-likeness (QED) is 0.0331. The highest BCUT2D eigenvalue weighted by molar-refractivity contribution is 4.75. The second-order valence-corrected chi connectivity index (χ2v) is 25.2. The van der Waals surface area contributed by atoms with Gasteiger partial charge in [0.1, 0.15) is 0 Å². The van der Waals surface area contributed by atoms with Crippen LogP contribution in [0.5, 0.6) is 0 Å². The van der Waals surface area contributed by atoms with Crippen molar-refractivity contribution in [3.8, 4) is 0 Å². The fraction of sp³-hybridized carbons (Fsp3) is 1.00. The molecule has 5 unspecified atom stereocenters. The van der Waals surface area contributed by atoms with Gasteiger partial charge in [0.05, 0.1) is 30.5 Å². The van der Waals surface area contributed by atoms with E-state index in [1.54, 1.807) is 0 Å². The standard InChI is InChI=1S/C69H144N4O5/c1-6-11-16-21-26-31-32-37-42-47-53-69(78)64-73(63-68(77)52-46-41-36-30-25-20-15-10-5)59-58-72(62-67(76)51-45-40-35-29-24-19-14-9-4)56-48-55-71(61-66(75)50-44-39-34-28-23-18-13-8-3)57-54-70-60-65(74)49-43-38-33-27-22-17-12-7-2/h65-70,74-78H,6-64H2,1-5H3. The van der Waals surface area contributed by atoms with Gasteiger partial charge in [-0.25, -0.2) is 0 Å². The zero-order chi connectivity index (χ0) is 57.0. The average Bonchev–Trinajstić information content (AvgIpc) is 3.42. The van der Waals surface area contributed by atoms with Crippen molar-refractivity contribution >= 4 is 0 Å². The number of nitrogens with one attached hydrogen (secondary N) is 1. The first-order valence-electron chi connectivity index (χ1n) is 35.5. The Morgan fingerprint density at radius 3 is 0.731 bits per heavy atom. The zero-order valence-electron chi connectivity index (χ0n) is 53.7. The highest BCUT2D eigenvalue weighted by Gasteiger charge is 2.20. The monoisotopic (exact) mass is 1110 g/mol. The van der Waals surface area contributed by atoms with E-state index in [0.717, 1.165) is 110 Å². The second kappa shape index (κ2) is 62.7. The average molecular weight is 1110 g/mol. The Bertz CT molecular complexity index is 1120. The van der Waals surface area contributed by atoms with Crippen LogP contribution < -0.4 is 5.32 Å². The van der Waals surface area contributed by atoms with Gasteiger partial charge in [-0.1, -0.05) is 304 Å². The summed E-state index contributed by atoms with van der Waals surface area (Å²) in [6, 6.07) is 0. The first-order chi connectivity index (χ1) is 38.2. The zero-order valence-corrected chi connectivity index (χ0v) is 53.7. The van der Waals surface area contributed by atoms with Crippen LogP contribution in [-0.4, -0.2) is 143 Å². The maximum absolute atomic E-state index is 11.6. The van der Waals surface area contributed by atoms with Crippen LogP contribution in [0.4, 0.5) is 0 Å². The molecule has 0 aromatic heterocycles. The minimum absolute atomic E-state index is 0.316. The van der Waals surface area contributed by atoms with Crippen LogP contribution >= 0.6 is 0 Å². The van der Waals surface area contributed by atoms with Crippen LogP contribution in [0, 0.1) is 0 Å². The number of rotatable bonds is 67. The summed E-state index contributed by atoms with van der Waals surface area (Å²) in [5.74, 6) is 0. The second-order valence-electron chi connectivity index (χ2n) is 25.2. The van der Waals surface area contributed by atoms with Gasteiger partial charge < -0.3 is 30.8 Å². The molecule has 0 aliphatic heterocycles. The Balaban J connectivity index is 5.85. The SMILES string of the molecule is CCCCCCCCCCCCC(O)CN(CCN(CCCN(CCNCC(O)CCCCCCCCCC)CC(O)CCCCCCCCCC)CC(O)CCCCCCCCCC)CC(O)CCCCCCCCCC. The van der Waals surface area contributed by atoms with Gasteiger partial charge in [0.2, 0.25) is 0 Å². The predicted octanol–water partition coefficient (Wildman–Crippen LogP) is 17.1. The number of nitrogens with zero attached hydrogens (tertiary/aromatic N) is 3. The fourth-order valence-corrected chi connectivity index (χ4v) is 11.7. The number of unbranched alkanes of at least 4 members (excludes halogenated alkanes) is 37. The van der Waals surface area contributed by atoms with Gasteiger partial charge >= 0.3 is 0 Å². The van der Waals surface area contributed by atoms with Crippen molar-refractivity contribution in [3.63, 3.8) is 0 Å². The summed E-state index contributed by atoms with van der Waals surface area (Å²) in [5.41, 5.74) is 0. The third kappa shape index (κ3) is 57.5. The van der Waals surface area contributed by atoms with E-state index in [1.165, 1.54) is 238 Å². The van der Waals surface area contributed by atoms with E-state index in [2.05, 4.69) is 54.6 Å². The minimum atomic E-state index is -0.402. The summed E-state index contributed by atoms with van der Waals surface area (Å²) in [6.45, 7) is 19.4. The van der Waals surface area contributed by atoms with Gasteiger partial charge in [0, 0.05) is 58.9 Å². The van der Waals surface area contributed by atoms with Crippen LogP contribution in [0.2, 0.25) is 0 Å². The van der Waals surface area contributed by atoms with Crippen LogP contribution in [0.15, 0.2) is 0 Å². The highest BCUT2D eigenvalue weighted by Crippen LogP contribution is 2.18. The molecule has 0 rings (SSSR count). The number of aliphatic hydroxyl groups is 5. The van der Waals surface area contributed by atoms with Gasteiger partial charge in [-0.2, -0.15) is 0 Å². The molecular formula is C69H144N4O5. The van der Waals surface area contributed by atoms with Crippen molar-refractivity contribution in [3.05, 3.63) is 0 Å². The molecule has 0 aromatic carbocycles. The normalized spacial score (nSPS) is 14.1. The summed E-state index contributed by atoms with van der Waals surface area (Å²) in [6.07, 6.45) is 56.7. The molecule has 6 N–H and O–H groups in total. The maximum Gasteiger partial charge on any atom is 0.0667 e.